The molecular formula is C15H17NO3. The van der Waals surface area contributed by atoms with Crippen molar-refractivity contribution < 1.29 is 13.9 Å². The molecule has 1 aromatic heterocycles. The van der Waals surface area contributed by atoms with Crippen LogP contribution in [0.2, 0.25) is 0 Å². The maximum absolute atomic E-state index is 12.1. The molecule has 1 heterocycles. The number of hydrogen-bond acceptors (Lipinski definition) is 3. The van der Waals surface area contributed by atoms with Gasteiger partial charge in [-0.1, -0.05) is 12.1 Å². The van der Waals surface area contributed by atoms with Crippen LogP contribution < -0.4 is 10.1 Å². The Morgan fingerprint density at radius 1 is 1.32 bits per heavy atom. The molecule has 0 atom stereocenters. The van der Waals surface area contributed by atoms with Crippen LogP contribution in [0.15, 0.2) is 34.7 Å². The van der Waals surface area contributed by atoms with Gasteiger partial charge >= 0.3 is 0 Å². The van der Waals surface area contributed by atoms with E-state index in [-0.39, 0.29) is 5.91 Å². The molecule has 0 fully saturated rings. The van der Waals surface area contributed by atoms with Gasteiger partial charge in [-0.05, 0) is 44.5 Å². The number of anilines is 1. The molecule has 1 N–H and O–H groups in total. The van der Waals surface area contributed by atoms with Crippen LogP contribution in [0.4, 0.5) is 5.69 Å². The minimum absolute atomic E-state index is 0.275. The first-order valence-electron chi connectivity index (χ1n) is 6.22. The molecule has 0 saturated carbocycles. The van der Waals surface area contributed by atoms with E-state index in [0.29, 0.717) is 23.8 Å². The Kier molecular flexibility index (Phi) is 3.90. The van der Waals surface area contributed by atoms with E-state index in [1.54, 1.807) is 12.1 Å². The maximum Gasteiger partial charge on any atom is 0.291 e. The molecule has 0 saturated heterocycles. The lowest BCUT2D eigenvalue weighted by Crippen LogP contribution is -2.12. The van der Waals surface area contributed by atoms with Crippen LogP contribution in [0.25, 0.3) is 0 Å². The number of carbonyl (C=O) groups excluding carboxylic acids is 1. The fraction of sp³-hybridized carbons (Fsp3) is 0.267. The van der Waals surface area contributed by atoms with E-state index in [9.17, 15) is 4.79 Å². The summed E-state index contributed by atoms with van der Waals surface area (Å²) in [5.74, 6) is 1.44. The summed E-state index contributed by atoms with van der Waals surface area (Å²) < 4.78 is 10.9. The highest BCUT2D eigenvalue weighted by Gasteiger charge is 2.14. The second-order valence-electron chi connectivity index (χ2n) is 4.23. The molecule has 0 unspecified atom stereocenters. The smallest absolute Gasteiger partial charge is 0.291 e. The number of rotatable bonds is 4. The summed E-state index contributed by atoms with van der Waals surface area (Å²) in [7, 11) is 0. The van der Waals surface area contributed by atoms with E-state index in [1.807, 2.05) is 39.0 Å². The van der Waals surface area contributed by atoms with E-state index in [1.165, 1.54) is 0 Å². The van der Waals surface area contributed by atoms with Gasteiger partial charge < -0.3 is 14.5 Å². The predicted molar refractivity (Wildman–Crippen MR) is 73.7 cm³/mol. The minimum Gasteiger partial charge on any atom is -0.492 e. The first-order valence-corrected chi connectivity index (χ1v) is 6.22. The first-order chi connectivity index (χ1) is 9.11. The molecule has 1 amide bonds. The molecule has 0 bridgehead atoms. The van der Waals surface area contributed by atoms with Crippen LogP contribution in [0, 0.1) is 13.8 Å². The van der Waals surface area contributed by atoms with Crippen molar-refractivity contribution in [2.24, 2.45) is 0 Å². The van der Waals surface area contributed by atoms with Gasteiger partial charge in [-0.25, -0.2) is 0 Å². The average molecular weight is 259 g/mol. The molecule has 0 radical (unpaired) electrons. The number of para-hydroxylation sites is 2. The van der Waals surface area contributed by atoms with Crippen molar-refractivity contribution in [1.29, 1.82) is 0 Å². The number of aryl methyl sites for hydroxylation is 2. The normalized spacial score (nSPS) is 10.3. The highest BCUT2D eigenvalue weighted by atomic mass is 16.5. The second kappa shape index (κ2) is 5.61. The van der Waals surface area contributed by atoms with Crippen LogP contribution in [-0.4, -0.2) is 12.5 Å². The predicted octanol–water partition coefficient (Wildman–Crippen LogP) is 3.55. The summed E-state index contributed by atoms with van der Waals surface area (Å²) >= 11 is 0. The summed E-state index contributed by atoms with van der Waals surface area (Å²) in [4.78, 5) is 12.1. The van der Waals surface area contributed by atoms with Crippen LogP contribution >= 0.6 is 0 Å². The SMILES string of the molecule is CCOc1ccccc1NC(=O)c1cc(C)c(C)o1. The van der Waals surface area contributed by atoms with Gasteiger partial charge in [0, 0.05) is 0 Å². The molecule has 2 rings (SSSR count). The second-order valence-corrected chi connectivity index (χ2v) is 4.23. The molecule has 4 nitrogen and oxygen atoms in total. The summed E-state index contributed by atoms with van der Waals surface area (Å²) in [6, 6.07) is 9.05. The Bertz CT molecular complexity index is 567. The largest absolute Gasteiger partial charge is 0.492 e. The number of hydrogen-bond donors (Lipinski definition) is 1. The molecule has 0 aliphatic heterocycles. The van der Waals surface area contributed by atoms with Crippen molar-refractivity contribution in [2.45, 2.75) is 20.8 Å². The van der Waals surface area contributed by atoms with Crippen molar-refractivity contribution in [1.82, 2.24) is 0 Å². The number of furan rings is 1. The van der Waals surface area contributed by atoms with Gasteiger partial charge in [0.25, 0.3) is 5.91 Å². The van der Waals surface area contributed by atoms with Crippen molar-refractivity contribution in [3.63, 3.8) is 0 Å². The third-order valence-electron chi connectivity index (χ3n) is 2.82. The van der Waals surface area contributed by atoms with Crippen LogP contribution in [0.5, 0.6) is 5.75 Å². The fourth-order valence-corrected chi connectivity index (χ4v) is 1.72. The lowest BCUT2D eigenvalue weighted by atomic mass is 10.2. The van der Waals surface area contributed by atoms with E-state index in [4.69, 9.17) is 9.15 Å². The van der Waals surface area contributed by atoms with Crippen molar-refractivity contribution in [3.8, 4) is 5.75 Å². The molecule has 1 aromatic carbocycles. The lowest BCUT2D eigenvalue weighted by Gasteiger charge is -2.10. The molecule has 0 aliphatic carbocycles. The van der Waals surface area contributed by atoms with Crippen molar-refractivity contribution in [3.05, 3.63) is 47.4 Å². The number of nitrogens with one attached hydrogen (secondary N) is 1. The topological polar surface area (TPSA) is 51.5 Å². The number of benzene rings is 1. The Morgan fingerprint density at radius 3 is 2.68 bits per heavy atom. The Hall–Kier alpha value is -2.23. The van der Waals surface area contributed by atoms with Crippen LogP contribution in [0.3, 0.4) is 0 Å². The van der Waals surface area contributed by atoms with Gasteiger partial charge in [-0.3, -0.25) is 4.79 Å². The molecule has 2 aromatic rings. The molecule has 100 valence electrons. The zero-order valence-corrected chi connectivity index (χ0v) is 11.3. The average Bonchev–Trinajstić information content (AvgIpc) is 2.72. The van der Waals surface area contributed by atoms with Crippen molar-refractivity contribution in [2.75, 3.05) is 11.9 Å². The zero-order chi connectivity index (χ0) is 13.8. The molecule has 0 aliphatic rings. The third kappa shape index (κ3) is 2.96. The maximum atomic E-state index is 12.1. The summed E-state index contributed by atoms with van der Waals surface area (Å²) in [5.41, 5.74) is 1.60. The van der Waals surface area contributed by atoms with Gasteiger partial charge in [0.15, 0.2) is 5.76 Å². The first kappa shape index (κ1) is 13.2. The Labute approximate surface area is 112 Å². The standard InChI is InChI=1S/C15H17NO3/c1-4-18-13-8-6-5-7-12(13)16-15(17)14-9-10(2)11(3)19-14/h5-9H,4H2,1-3H3,(H,16,17). The lowest BCUT2D eigenvalue weighted by molar-refractivity contribution is 0.0995. The monoisotopic (exact) mass is 259 g/mol. The molecular weight excluding hydrogens is 242 g/mol. The summed E-state index contributed by atoms with van der Waals surface area (Å²) in [6.07, 6.45) is 0. The van der Waals surface area contributed by atoms with E-state index in [2.05, 4.69) is 5.32 Å². The van der Waals surface area contributed by atoms with Crippen LogP contribution in [-0.2, 0) is 0 Å². The molecule has 0 spiro atoms. The number of ether oxygens (including phenoxy) is 1. The summed E-state index contributed by atoms with van der Waals surface area (Å²) in [5, 5.41) is 2.79. The minimum atomic E-state index is -0.275. The van der Waals surface area contributed by atoms with Gasteiger partial charge in [0.1, 0.15) is 11.5 Å². The van der Waals surface area contributed by atoms with Gasteiger partial charge in [0.2, 0.25) is 0 Å². The van der Waals surface area contributed by atoms with Gasteiger partial charge in [-0.2, -0.15) is 0 Å². The Balaban J connectivity index is 2.19. The van der Waals surface area contributed by atoms with Crippen molar-refractivity contribution >= 4 is 11.6 Å². The number of amides is 1. The molecule has 19 heavy (non-hydrogen) atoms. The third-order valence-corrected chi connectivity index (χ3v) is 2.82. The Morgan fingerprint density at radius 2 is 2.05 bits per heavy atom. The highest BCUT2D eigenvalue weighted by molar-refractivity contribution is 6.03. The zero-order valence-electron chi connectivity index (χ0n) is 11.3. The van der Waals surface area contributed by atoms with E-state index < -0.39 is 0 Å². The van der Waals surface area contributed by atoms with Gasteiger partial charge in [0.05, 0.1) is 12.3 Å². The number of carbonyl (C=O) groups is 1. The fourth-order valence-electron chi connectivity index (χ4n) is 1.72. The summed E-state index contributed by atoms with van der Waals surface area (Å²) in [6.45, 7) is 6.19. The molecule has 4 heteroatoms. The highest BCUT2D eigenvalue weighted by Crippen LogP contribution is 2.24. The quantitative estimate of drug-likeness (QED) is 0.913. The van der Waals surface area contributed by atoms with Gasteiger partial charge in [-0.15, -0.1) is 0 Å². The van der Waals surface area contributed by atoms with E-state index in [0.717, 1.165) is 11.3 Å². The van der Waals surface area contributed by atoms with E-state index >= 15 is 0 Å². The van der Waals surface area contributed by atoms with Crippen LogP contribution in [0.1, 0.15) is 28.8 Å².